The van der Waals surface area contributed by atoms with Crippen LogP contribution in [0.3, 0.4) is 0 Å². The summed E-state index contributed by atoms with van der Waals surface area (Å²) in [5.41, 5.74) is 4.39. The maximum absolute atomic E-state index is 4.64. The van der Waals surface area contributed by atoms with E-state index in [-0.39, 0.29) is 31.6 Å². The smallest absolute Gasteiger partial charge is 0.0108 e. The van der Waals surface area contributed by atoms with Crippen LogP contribution in [0.15, 0.2) is 16.7 Å². The van der Waals surface area contributed by atoms with E-state index < -0.39 is 0 Å². The normalized spacial score (nSPS) is 18.5. The molecule has 0 aromatic rings. The predicted molar refractivity (Wildman–Crippen MR) is 56.4 cm³/mol. The van der Waals surface area contributed by atoms with Crippen LogP contribution in [0, 0.1) is 11.5 Å². The van der Waals surface area contributed by atoms with E-state index in [1.165, 1.54) is 23.1 Å². The van der Waals surface area contributed by atoms with Gasteiger partial charge in [-0.25, -0.2) is 5.57 Å². The molecule has 13 heavy (non-hydrogen) atoms. The molecule has 0 saturated heterocycles. The van der Waals surface area contributed by atoms with Crippen molar-refractivity contribution in [2.45, 2.75) is 34.6 Å². The molecule has 2 heteroatoms. The summed E-state index contributed by atoms with van der Waals surface area (Å²) in [6.45, 7) is 10.9. The van der Waals surface area contributed by atoms with E-state index >= 15 is 0 Å². The molecule has 0 unspecified atom stereocenters. The number of alkyl halides is 1. The van der Waals surface area contributed by atoms with Gasteiger partial charge in [0.1, 0.15) is 0 Å². The van der Waals surface area contributed by atoms with Gasteiger partial charge in [-0.1, -0.05) is 33.1 Å². The van der Waals surface area contributed by atoms with Gasteiger partial charge in [-0.15, -0.1) is 18.5 Å². The third-order valence-corrected chi connectivity index (χ3v) is 2.56. The fraction of sp³-hybridized carbons (Fsp3) is 0.636. The number of hydrogen-bond acceptors (Lipinski definition) is 0. The first-order valence-corrected chi connectivity index (χ1v) is 4.88. The van der Waals surface area contributed by atoms with Crippen LogP contribution in [-0.4, -0.2) is 6.38 Å². The summed E-state index contributed by atoms with van der Waals surface area (Å²) in [7, 11) is 0. The van der Waals surface area contributed by atoms with Crippen molar-refractivity contribution in [1.29, 1.82) is 0 Å². The molecule has 0 aliphatic heterocycles. The molecule has 0 fully saturated rings. The van der Waals surface area contributed by atoms with Crippen LogP contribution in [0.4, 0.5) is 0 Å². The molecule has 0 aromatic heterocycles. The van der Waals surface area contributed by atoms with Crippen LogP contribution >= 0.6 is 11.6 Å². The number of halogens is 1. The van der Waals surface area contributed by atoms with Gasteiger partial charge in [-0.3, -0.25) is 6.08 Å². The van der Waals surface area contributed by atoms with E-state index in [4.69, 9.17) is 0 Å². The summed E-state index contributed by atoms with van der Waals surface area (Å²) in [6.07, 6.45) is 4.91. The van der Waals surface area contributed by atoms with Gasteiger partial charge in [-0.2, -0.15) is 11.1 Å². The Hall–Kier alpha value is 0.653. The van der Waals surface area contributed by atoms with Crippen molar-refractivity contribution in [2.24, 2.45) is 5.41 Å². The number of hydrogen-bond donors (Lipinski definition) is 0. The van der Waals surface area contributed by atoms with Crippen LogP contribution in [0.2, 0.25) is 0 Å². The second-order valence-electron chi connectivity index (χ2n) is 3.62. The molecule has 1 rings (SSSR count). The Morgan fingerprint density at radius 1 is 1.08 bits per heavy atom. The van der Waals surface area contributed by atoms with Crippen LogP contribution in [0.25, 0.3) is 0 Å². The van der Waals surface area contributed by atoms with Crippen molar-refractivity contribution in [1.82, 2.24) is 0 Å². The zero-order chi connectivity index (χ0) is 9.94. The molecule has 0 N–H and O–H groups in total. The van der Waals surface area contributed by atoms with Crippen LogP contribution in [0.1, 0.15) is 34.6 Å². The molecule has 1 aliphatic carbocycles. The van der Waals surface area contributed by atoms with E-state index in [9.17, 15) is 0 Å². The van der Waals surface area contributed by atoms with Gasteiger partial charge in [-0.05, 0) is 0 Å². The van der Waals surface area contributed by atoms with E-state index in [0.717, 1.165) is 0 Å². The van der Waals surface area contributed by atoms with Crippen molar-refractivity contribution in [3.05, 3.63) is 22.8 Å². The largest absolute Gasteiger partial charge is 0.263 e. The first kappa shape index (κ1) is 16.1. The molecule has 0 bridgehead atoms. The minimum atomic E-state index is 0. The van der Waals surface area contributed by atoms with Crippen LogP contribution < -0.4 is 0 Å². The predicted octanol–water partition coefficient (Wildman–Crippen LogP) is 3.96. The van der Waals surface area contributed by atoms with Gasteiger partial charge in [0.15, 0.2) is 0 Å². The van der Waals surface area contributed by atoms with Crippen molar-refractivity contribution in [3.8, 4) is 0 Å². The van der Waals surface area contributed by atoms with Gasteiger partial charge in [0, 0.05) is 32.6 Å². The average Bonchev–Trinajstić information content (AvgIpc) is 2.19. The van der Waals surface area contributed by atoms with Gasteiger partial charge in [0.2, 0.25) is 0 Å². The maximum Gasteiger partial charge on any atom is 0.0108 e. The van der Waals surface area contributed by atoms with E-state index in [1.807, 2.05) is 0 Å². The molecular weight excluding hydrogens is 259 g/mol. The molecule has 0 atom stereocenters. The Balaban J connectivity index is 0. The van der Waals surface area contributed by atoms with Gasteiger partial charge in [0.25, 0.3) is 0 Å². The standard InChI is InChI=1S/C10H15.CH3Cl.Zr/c1-7-6-10(4,5)9(3)8(7)2;1-2;/h1-5H3;1H3;/q-1;;. The molecule has 0 nitrogen and oxygen atoms in total. The minimum absolute atomic E-state index is 0. The molecule has 0 amide bonds. The monoisotopic (exact) mass is 275 g/mol. The van der Waals surface area contributed by atoms with E-state index in [2.05, 4.69) is 52.3 Å². The third kappa shape index (κ3) is 3.72. The van der Waals surface area contributed by atoms with Crippen molar-refractivity contribution >= 4 is 11.6 Å². The zero-order valence-electron chi connectivity index (χ0n) is 9.38. The van der Waals surface area contributed by atoms with Crippen LogP contribution in [0.5, 0.6) is 0 Å². The molecule has 0 saturated carbocycles. The first-order valence-electron chi connectivity index (χ1n) is 4.13. The third-order valence-electron chi connectivity index (χ3n) is 2.56. The Kier molecular flexibility index (Phi) is 7.67. The summed E-state index contributed by atoms with van der Waals surface area (Å²) in [6, 6.07) is 0. The summed E-state index contributed by atoms with van der Waals surface area (Å²) in [5, 5.41) is 0. The molecule has 0 radical (unpaired) electrons. The maximum atomic E-state index is 4.64. The number of rotatable bonds is 0. The summed E-state index contributed by atoms with van der Waals surface area (Å²) >= 11 is 4.64. The Morgan fingerprint density at radius 2 is 1.46 bits per heavy atom. The molecule has 0 aromatic carbocycles. The topological polar surface area (TPSA) is 0 Å². The molecular formula is C11H18ClZr-. The quantitative estimate of drug-likeness (QED) is 0.464. The minimum Gasteiger partial charge on any atom is -0.263 e. The molecule has 0 heterocycles. The van der Waals surface area contributed by atoms with Crippen molar-refractivity contribution in [2.75, 3.05) is 6.38 Å². The fourth-order valence-corrected chi connectivity index (χ4v) is 1.41. The Morgan fingerprint density at radius 3 is 1.54 bits per heavy atom. The van der Waals surface area contributed by atoms with Crippen molar-refractivity contribution < 1.29 is 26.2 Å². The second kappa shape index (κ2) is 6.20. The Labute approximate surface area is 107 Å². The van der Waals surface area contributed by atoms with E-state index in [0.29, 0.717) is 0 Å². The zero-order valence-corrected chi connectivity index (χ0v) is 12.6. The summed E-state index contributed by atoms with van der Waals surface area (Å²) in [5.74, 6) is 0. The van der Waals surface area contributed by atoms with Gasteiger partial charge in [0.05, 0.1) is 0 Å². The SMILES string of the molecule is CC1=[C-]C(C)(C)C(C)=C1C.CCl.[Zr]. The van der Waals surface area contributed by atoms with Crippen LogP contribution in [-0.2, 0) is 26.2 Å². The average molecular weight is 277 g/mol. The molecule has 74 valence electrons. The summed E-state index contributed by atoms with van der Waals surface area (Å²) < 4.78 is 0. The molecule has 1 aliphatic rings. The summed E-state index contributed by atoms with van der Waals surface area (Å²) in [4.78, 5) is 0. The van der Waals surface area contributed by atoms with E-state index in [1.54, 1.807) is 0 Å². The fourth-order valence-electron chi connectivity index (χ4n) is 1.41. The van der Waals surface area contributed by atoms with Gasteiger partial charge < -0.3 is 0 Å². The first-order chi connectivity index (χ1) is 5.45. The van der Waals surface area contributed by atoms with Crippen molar-refractivity contribution in [3.63, 3.8) is 0 Å². The second-order valence-corrected chi connectivity index (χ2v) is 3.62. The Bertz CT molecular complexity index is 224. The molecule has 0 spiro atoms. The van der Waals surface area contributed by atoms with Gasteiger partial charge >= 0.3 is 0 Å². The number of allylic oxidation sites excluding steroid dienone is 4.